The first-order valence-corrected chi connectivity index (χ1v) is 22.4. The first kappa shape index (κ1) is 36.9. The van der Waals surface area contributed by atoms with Gasteiger partial charge in [-0.2, -0.15) is 0 Å². The summed E-state index contributed by atoms with van der Waals surface area (Å²) in [7, 11) is 4.28. The molecule has 0 unspecified atom stereocenters. The molecular formula is C42H63N3O3S2. The predicted octanol–water partition coefficient (Wildman–Crippen LogP) is 8.04. The van der Waals surface area contributed by atoms with Gasteiger partial charge in [-0.1, -0.05) is 91.5 Å². The molecule has 0 saturated heterocycles. The number of aliphatic hydroxyl groups excluding tert-OH is 2. The maximum absolute atomic E-state index is 14.4. The summed E-state index contributed by atoms with van der Waals surface area (Å²) < 4.78 is 0.0330. The van der Waals surface area contributed by atoms with Crippen molar-refractivity contribution < 1.29 is 15.0 Å². The van der Waals surface area contributed by atoms with E-state index in [0.717, 1.165) is 82.1 Å². The summed E-state index contributed by atoms with van der Waals surface area (Å²) in [6, 6.07) is 9.29. The molecule has 50 heavy (non-hydrogen) atoms. The molecule has 1 aromatic rings. The Labute approximate surface area is 309 Å². The van der Waals surface area contributed by atoms with Crippen LogP contribution >= 0.6 is 21.6 Å². The number of nitrogens with one attached hydrogen (secondary N) is 1. The quantitative estimate of drug-likeness (QED) is 0.201. The van der Waals surface area contributed by atoms with Gasteiger partial charge >= 0.3 is 0 Å². The van der Waals surface area contributed by atoms with Crippen LogP contribution in [0.3, 0.4) is 0 Å². The Hall–Kier alpha value is -1.48. The summed E-state index contributed by atoms with van der Waals surface area (Å²) in [5, 5.41) is 24.6. The Balaban J connectivity index is 1.28. The lowest BCUT2D eigenvalue weighted by molar-refractivity contribution is -0.125. The summed E-state index contributed by atoms with van der Waals surface area (Å²) in [5.74, 6) is 3.94. The Morgan fingerprint density at radius 2 is 1.88 bits per heavy atom. The Bertz CT molecular complexity index is 1470. The molecule has 2 aliphatic heterocycles. The predicted molar refractivity (Wildman–Crippen MR) is 209 cm³/mol. The van der Waals surface area contributed by atoms with Gasteiger partial charge in [-0.05, 0) is 123 Å². The van der Waals surface area contributed by atoms with Crippen molar-refractivity contribution in [3.63, 3.8) is 0 Å². The molecule has 0 radical (unpaired) electrons. The van der Waals surface area contributed by atoms with Gasteiger partial charge in [-0.15, -0.1) is 0 Å². The number of aliphatic imine (C=N–C) groups is 1. The van der Waals surface area contributed by atoms with Gasteiger partial charge in [0.15, 0.2) is 11.7 Å². The van der Waals surface area contributed by atoms with E-state index in [1.165, 1.54) is 48.8 Å². The van der Waals surface area contributed by atoms with E-state index in [-0.39, 0.29) is 46.2 Å². The minimum Gasteiger partial charge on any atom is -0.396 e. The van der Waals surface area contributed by atoms with Crippen LogP contribution in [-0.4, -0.2) is 57.8 Å². The molecule has 3 saturated carbocycles. The zero-order valence-electron chi connectivity index (χ0n) is 31.0. The largest absolute Gasteiger partial charge is 0.396 e. The topological polar surface area (TPSA) is 108 Å². The summed E-state index contributed by atoms with van der Waals surface area (Å²) in [6.45, 7) is 8.21. The van der Waals surface area contributed by atoms with E-state index in [4.69, 9.17) is 10.7 Å². The van der Waals surface area contributed by atoms with Crippen LogP contribution in [-0.2, 0) is 17.6 Å². The molecular weight excluding hydrogens is 659 g/mol. The maximum atomic E-state index is 14.4. The Morgan fingerprint density at radius 1 is 1.08 bits per heavy atom. The third-order valence-corrected chi connectivity index (χ3v) is 18.2. The van der Waals surface area contributed by atoms with Gasteiger partial charge in [-0.25, -0.2) is 0 Å². The van der Waals surface area contributed by atoms with Crippen molar-refractivity contribution in [2.75, 3.05) is 25.5 Å². The molecule has 2 heterocycles. The second-order valence-corrected chi connectivity index (χ2v) is 20.5. The number of benzene rings is 1. The van der Waals surface area contributed by atoms with Crippen molar-refractivity contribution in [2.24, 2.45) is 51.1 Å². The fourth-order valence-electron chi connectivity index (χ4n) is 12.6. The van der Waals surface area contributed by atoms with Crippen molar-refractivity contribution >= 4 is 33.3 Å². The molecule has 6 nitrogen and oxygen atoms in total. The minimum atomic E-state index is -0.214. The minimum absolute atomic E-state index is 0.0330. The monoisotopic (exact) mass is 721 g/mol. The zero-order valence-corrected chi connectivity index (χ0v) is 32.6. The van der Waals surface area contributed by atoms with E-state index < -0.39 is 0 Å². The summed E-state index contributed by atoms with van der Waals surface area (Å²) in [5.41, 5.74) is 11.8. The first-order valence-electron chi connectivity index (χ1n) is 20.1. The zero-order chi connectivity index (χ0) is 35.1. The van der Waals surface area contributed by atoms with Crippen LogP contribution < -0.4 is 11.1 Å². The van der Waals surface area contributed by atoms with Crippen molar-refractivity contribution in [3.05, 3.63) is 46.5 Å². The van der Waals surface area contributed by atoms with E-state index in [0.29, 0.717) is 35.9 Å². The number of aliphatic hydroxyl groups is 2. The summed E-state index contributed by atoms with van der Waals surface area (Å²) in [6.07, 6.45) is 16.4. The lowest BCUT2D eigenvalue weighted by Crippen LogP contribution is -2.71. The molecule has 7 atom stereocenters. The van der Waals surface area contributed by atoms with Gasteiger partial charge in [0.05, 0.1) is 5.54 Å². The fraction of sp³-hybridized carbons (Fsp3) is 0.762. The van der Waals surface area contributed by atoms with Crippen molar-refractivity contribution in [1.82, 2.24) is 5.32 Å². The van der Waals surface area contributed by atoms with Gasteiger partial charge in [-0.3, -0.25) is 9.79 Å². The van der Waals surface area contributed by atoms with E-state index in [1.807, 2.05) is 0 Å². The van der Waals surface area contributed by atoms with Crippen LogP contribution in [0.15, 0.2) is 40.4 Å². The third-order valence-electron chi connectivity index (χ3n) is 14.8. The third kappa shape index (κ3) is 6.12. The number of hydrogen-bond acceptors (Lipinski definition) is 8. The highest BCUT2D eigenvalue weighted by molar-refractivity contribution is 8.77. The van der Waals surface area contributed by atoms with Crippen LogP contribution in [0.4, 0.5) is 0 Å². The molecule has 6 aliphatic rings. The van der Waals surface area contributed by atoms with Gasteiger partial charge in [0, 0.05) is 48.0 Å². The van der Waals surface area contributed by atoms with E-state index in [2.05, 4.69) is 71.9 Å². The number of Topliss-reactive ketones (excluding diaryl/α,β-unsaturated/α-hetero) is 1. The number of hydrogen-bond donors (Lipinski definition) is 4. The van der Waals surface area contributed by atoms with Crippen LogP contribution in [0, 0.1) is 40.4 Å². The smallest absolute Gasteiger partial charge is 0.189 e. The highest BCUT2D eigenvalue weighted by Gasteiger charge is 2.70. The SMILES string of the molecule is CC(C)Cc1cccc(C[C@@H]2CN=C(N)N[C@]23CCCC2=C4C[C@@H]5C[C@H](CO)[C@@H](CCCO)[C@]4(CC2=O)[C@@]5(C)CCSSC32CCCCC2)c1. The molecule has 5 bridgehead atoms. The molecule has 3 spiro atoms. The molecule has 4 aliphatic carbocycles. The lowest BCUT2D eigenvalue weighted by atomic mass is 9.47. The molecule has 8 heteroatoms. The number of allylic oxidation sites excluding steroid dienone is 2. The van der Waals surface area contributed by atoms with Crippen molar-refractivity contribution in [3.8, 4) is 0 Å². The number of nitrogens with zero attached hydrogens (tertiary/aromatic N) is 1. The number of nitrogens with two attached hydrogens (primary N) is 1. The molecule has 0 amide bonds. The molecule has 1 aromatic carbocycles. The number of fused-ring (bicyclic) bond motifs is 1. The van der Waals surface area contributed by atoms with Gasteiger partial charge in [0.2, 0.25) is 0 Å². The van der Waals surface area contributed by atoms with E-state index in [1.54, 1.807) is 0 Å². The van der Waals surface area contributed by atoms with Gasteiger partial charge in [0.25, 0.3) is 0 Å². The molecule has 0 aromatic heterocycles. The first-order chi connectivity index (χ1) is 24.1. The number of carbonyl (C=O) groups excluding carboxylic acids is 1. The molecule has 5 N–H and O–H groups in total. The molecule has 7 rings (SSSR count). The second kappa shape index (κ2) is 14.7. The van der Waals surface area contributed by atoms with Crippen LogP contribution in [0.5, 0.6) is 0 Å². The van der Waals surface area contributed by atoms with Gasteiger partial charge < -0.3 is 21.3 Å². The van der Waals surface area contributed by atoms with E-state index in [9.17, 15) is 15.0 Å². The Morgan fingerprint density at radius 3 is 2.64 bits per heavy atom. The number of ketones is 1. The maximum Gasteiger partial charge on any atom is 0.189 e. The average Bonchev–Trinajstić information content (AvgIpc) is 3.43. The summed E-state index contributed by atoms with van der Waals surface area (Å²) in [4.78, 5) is 19.3. The molecule has 3 fully saturated rings. The molecule has 276 valence electrons. The lowest BCUT2D eigenvalue weighted by Gasteiger charge is -2.58. The van der Waals surface area contributed by atoms with Crippen molar-refractivity contribution in [1.29, 1.82) is 0 Å². The van der Waals surface area contributed by atoms with Crippen LogP contribution in [0.25, 0.3) is 0 Å². The van der Waals surface area contributed by atoms with E-state index >= 15 is 0 Å². The number of carbonyl (C=O) groups is 1. The fourth-order valence-corrected chi connectivity index (χ4v) is 16.5. The van der Waals surface area contributed by atoms with Crippen LogP contribution in [0.2, 0.25) is 0 Å². The second-order valence-electron chi connectivity index (χ2n) is 17.7. The Kier molecular flexibility index (Phi) is 10.9. The number of rotatable bonds is 8. The van der Waals surface area contributed by atoms with Crippen LogP contribution in [0.1, 0.15) is 122 Å². The van der Waals surface area contributed by atoms with Crippen molar-refractivity contribution in [2.45, 2.75) is 134 Å². The summed E-state index contributed by atoms with van der Waals surface area (Å²) >= 11 is 0. The average molecular weight is 722 g/mol. The highest BCUT2D eigenvalue weighted by Crippen LogP contribution is 2.75. The highest BCUT2D eigenvalue weighted by atomic mass is 33.1. The standard InChI is InChI=1S/C42H63N3O3S2/c1-28(2)20-29-10-7-11-30(21-29)22-33-26-44-38(43)45-42(33)16-8-12-34-36-24-32-23-31(27-47)35(13-9-18-46)41(36,25-37(34)48)39(32,3)17-19-49-50-40(42)14-5-4-6-15-40/h7,10-11,21,28,31-33,35,46-47H,4-6,8-9,12-20,22-27H2,1-3H3,(H3,43,44,45)/t31-,32+,33-,35-,39+,41+,42-/m1/s1. The normalized spacial score (nSPS) is 37.0. The number of guanidine groups is 1. The van der Waals surface area contributed by atoms with Gasteiger partial charge in [0.1, 0.15) is 0 Å².